The van der Waals surface area contributed by atoms with Crippen LogP contribution in [0.3, 0.4) is 0 Å². The minimum atomic E-state index is -1.07. The molecule has 0 fully saturated rings. The number of aromatic nitrogens is 1. The number of ketones is 1. The topological polar surface area (TPSA) is 116 Å². The first-order valence-corrected chi connectivity index (χ1v) is 8.52. The minimum absolute atomic E-state index is 0.0536. The molecule has 0 aliphatic heterocycles. The number of hydrogen-bond donors (Lipinski definition) is 1. The molecule has 0 bridgehead atoms. The van der Waals surface area contributed by atoms with E-state index in [1.54, 1.807) is 39.8 Å². The number of rotatable bonds is 6. The highest BCUT2D eigenvalue weighted by Gasteiger charge is 2.22. The molecule has 148 valence electrons. The fraction of sp³-hybridized carbons (Fsp3) is 0.300. The summed E-state index contributed by atoms with van der Waals surface area (Å²) in [4.78, 5) is 39.3. The molecular weight excluding hydrogens is 366 g/mol. The molecule has 0 saturated heterocycles. The van der Waals surface area contributed by atoms with Crippen LogP contribution in [0.25, 0.3) is 17.2 Å². The Bertz CT molecular complexity index is 919. The number of ether oxygens (including phenoxy) is 2. The SMILES string of the molecule is CCOC(=O)c1cnc(-c2cccc(/C(O)=C/C(=O)C(=O)OC(C)(C)C)c2)o1. The molecule has 0 saturated carbocycles. The molecule has 1 aromatic heterocycles. The van der Waals surface area contributed by atoms with Gasteiger partial charge in [-0.05, 0) is 39.8 Å². The summed E-state index contributed by atoms with van der Waals surface area (Å²) in [7, 11) is 0. The molecule has 0 unspecified atom stereocenters. The zero-order valence-electron chi connectivity index (χ0n) is 16.0. The largest absolute Gasteiger partial charge is 0.507 e. The Kier molecular flexibility index (Phi) is 6.35. The summed E-state index contributed by atoms with van der Waals surface area (Å²) in [5.41, 5.74) is -0.111. The van der Waals surface area contributed by atoms with Gasteiger partial charge in [0.25, 0.3) is 5.78 Å². The molecule has 0 aliphatic rings. The second-order valence-electron chi connectivity index (χ2n) is 6.73. The number of hydrogen-bond acceptors (Lipinski definition) is 8. The molecule has 1 heterocycles. The van der Waals surface area contributed by atoms with E-state index in [1.165, 1.54) is 18.3 Å². The van der Waals surface area contributed by atoms with Gasteiger partial charge in [-0.25, -0.2) is 14.6 Å². The standard InChI is InChI=1S/C20H21NO7/c1-5-26-19(25)16-11-21-17(27-16)13-8-6-7-12(9-13)14(22)10-15(23)18(24)28-20(2,3)4/h6-11,22H,5H2,1-4H3/b14-10-. The Hall–Kier alpha value is -3.42. The van der Waals surface area contributed by atoms with Gasteiger partial charge in [0.2, 0.25) is 11.7 Å². The third kappa shape index (κ3) is 5.54. The molecule has 2 aromatic rings. The van der Waals surface area contributed by atoms with Crippen molar-refractivity contribution < 1.29 is 33.4 Å². The minimum Gasteiger partial charge on any atom is -0.507 e. The van der Waals surface area contributed by atoms with Gasteiger partial charge in [0.05, 0.1) is 12.8 Å². The normalized spacial score (nSPS) is 11.8. The summed E-state index contributed by atoms with van der Waals surface area (Å²) in [6.07, 6.45) is 2.02. The van der Waals surface area contributed by atoms with Gasteiger partial charge in [-0.15, -0.1) is 0 Å². The van der Waals surface area contributed by atoms with E-state index in [1.807, 2.05) is 0 Å². The van der Waals surface area contributed by atoms with E-state index in [2.05, 4.69) is 4.98 Å². The van der Waals surface area contributed by atoms with Gasteiger partial charge in [-0.3, -0.25) is 4.79 Å². The number of oxazole rings is 1. The summed E-state index contributed by atoms with van der Waals surface area (Å²) in [5, 5.41) is 10.2. The third-order valence-electron chi connectivity index (χ3n) is 3.26. The molecule has 0 radical (unpaired) electrons. The quantitative estimate of drug-likeness (QED) is 0.347. The lowest BCUT2D eigenvalue weighted by molar-refractivity contribution is -0.160. The van der Waals surface area contributed by atoms with Crippen LogP contribution in [-0.2, 0) is 19.1 Å². The maximum absolute atomic E-state index is 11.9. The van der Waals surface area contributed by atoms with Gasteiger partial charge in [-0.2, -0.15) is 0 Å². The number of nitrogens with zero attached hydrogens (tertiary/aromatic N) is 1. The zero-order valence-corrected chi connectivity index (χ0v) is 16.0. The Morgan fingerprint density at radius 1 is 1.25 bits per heavy atom. The lowest BCUT2D eigenvalue weighted by Gasteiger charge is -2.18. The lowest BCUT2D eigenvalue weighted by atomic mass is 10.1. The number of benzene rings is 1. The zero-order chi connectivity index (χ0) is 20.9. The summed E-state index contributed by atoms with van der Waals surface area (Å²) >= 11 is 0. The van der Waals surface area contributed by atoms with E-state index in [0.29, 0.717) is 5.56 Å². The highest BCUT2D eigenvalue weighted by Crippen LogP contribution is 2.23. The summed E-state index contributed by atoms with van der Waals surface area (Å²) in [6.45, 7) is 6.77. The fourth-order valence-electron chi connectivity index (χ4n) is 2.11. The summed E-state index contributed by atoms with van der Waals surface area (Å²) in [6, 6.07) is 6.27. The maximum atomic E-state index is 11.9. The average Bonchev–Trinajstić information content (AvgIpc) is 3.11. The highest BCUT2D eigenvalue weighted by atomic mass is 16.6. The van der Waals surface area contributed by atoms with E-state index in [-0.39, 0.29) is 23.8 Å². The Morgan fingerprint density at radius 2 is 1.96 bits per heavy atom. The van der Waals surface area contributed by atoms with E-state index in [0.717, 1.165) is 6.08 Å². The average molecular weight is 387 g/mol. The summed E-state index contributed by atoms with van der Waals surface area (Å²) < 4.78 is 15.2. The van der Waals surface area contributed by atoms with Crippen LogP contribution in [0.15, 0.2) is 41.0 Å². The van der Waals surface area contributed by atoms with E-state index in [9.17, 15) is 19.5 Å². The first-order chi connectivity index (χ1) is 13.1. The fourth-order valence-corrected chi connectivity index (χ4v) is 2.11. The maximum Gasteiger partial charge on any atom is 0.379 e. The molecule has 0 atom stereocenters. The van der Waals surface area contributed by atoms with Gasteiger partial charge in [0.1, 0.15) is 11.4 Å². The van der Waals surface area contributed by atoms with Crippen LogP contribution in [0.2, 0.25) is 0 Å². The molecule has 2 rings (SSSR count). The predicted octanol–water partition coefficient (Wildman–Crippen LogP) is 3.33. The van der Waals surface area contributed by atoms with E-state index in [4.69, 9.17) is 13.9 Å². The third-order valence-corrected chi connectivity index (χ3v) is 3.26. The number of carbonyl (C=O) groups is 3. The van der Waals surface area contributed by atoms with Gasteiger partial charge >= 0.3 is 11.9 Å². The van der Waals surface area contributed by atoms with Gasteiger partial charge in [-0.1, -0.05) is 12.1 Å². The van der Waals surface area contributed by atoms with Crippen LogP contribution < -0.4 is 0 Å². The van der Waals surface area contributed by atoms with Crippen molar-refractivity contribution in [2.45, 2.75) is 33.3 Å². The second kappa shape index (κ2) is 8.51. The molecule has 28 heavy (non-hydrogen) atoms. The molecule has 0 amide bonds. The first kappa shape index (κ1) is 20.9. The molecule has 8 heteroatoms. The Labute approximate surface area is 161 Å². The molecule has 1 aromatic carbocycles. The van der Waals surface area contributed by atoms with Crippen LogP contribution >= 0.6 is 0 Å². The molecule has 0 aliphatic carbocycles. The van der Waals surface area contributed by atoms with Crippen molar-refractivity contribution >= 4 is 23.5 Å². The van der Waals surface area contributed by atoms with Crippen LogP contribution in [0, 0.1) is 0 Å². The van der Waals surface area contributed by atoms with Crippen molar-refractivity contribution in [1.29, 1.82) is 0 Å². The van der Waals surface area contributed by atoms with Crippen molar-refractivity contribution in [2.24, 2.45) is 0 Å². The van der Waals surface area contributed by atoms with Crippen molar-refractivity contribution in [3.63, 3.8) is 0 Å². The molecule has 0 spiro atoms. The van der Waals surface area contributed by atoms with Crippen molar-refractivity contribution in [3.8, 4) is 11.5 Å². The monoisotopic (exact) mass is 387 g/mol. The van der Waals surface area contributed by atoms with E-state index >= 15 is 0 Å². The van der Waals surface area contributed by atoms with Crippen LogP contribution in [0.4, 0.5) is 0 Å². The number of aliphatic hydroxyl groups is 1. The summed E-state index contributed by atoms with van der Waals surface area (Å²) in [5.74, 6) is -3.03. The van der Waals surface area contributed by atoms with Crippen LogP contribution in [0.1, 0.15) is 43.8 Å². The van der Waals surface area contributed by atoms with Crippen molar-refractivity contribution in [3.05, 3.63) is 47.9 Å². The van der Waals surface area contributed by atoms with Crippen molar-refractivity contribution in [2.75, 3.05) is 6.61 Å². The Balaban J connectivity index is 2.21. The van der Waals surface area contributed by atoms with Crippen molar-refractivity contribution in [1.82, 2.24) is 4.98 Å². The highest BCUT2D eigenvalue weighted by molar-refractivity contribution is 6.39. The van der Waals surface area contributed by atoms with Crippen LogP contribution in [0.5, 0.6) is 0 Å². The number of esters is 2. The van der Waals surface area contributed by atoms with E-state index < -0.39 is 29.1 Å². The number of carbonyl (C=O) groups excluding carboxylic acids is 3. The molecule has 1 N–H and O–H groups in total. The van der Waals surface area contributed by atoms with Gasteiger partial charge in [0.15, 0.2) is 0 Å². The number of aliphatic hydroxyl groups excluding tert-OH is 1. The smallest absolute Gasteiger partial charge is 0.379 e. The van der Waals surface area contributed by atoms with Gasteiger partial charge < -0.3 is 19.0 Å². The van der Waals surface area contributed by atoms with Crippen LogP contribution in [-0.4, -0.2) is 40.0 Å². The molecule has 8 nitrogen and oxygen atoms in total. The lowest BCUT2D eigenvalue weighted by Crippen LogP contribution is -2.28. The Morgan fingerprint density at radius 3 is 2.61 bits per heavy atom. The van der Waals surface area contributed by atoms with Gasteiger partial charge in [0, 0.05) is 17.2 Å². The first-order valence-electron chi connectivity index (χ1n) is 8.52. The predicted molar refractivity (Wildman–Crippen MR) is 99.4 cm³/mol. The molecular formula is C20H21NO7. The second-order valence-corrected chi connectivity index (χ2v) is 6.73.